The fourth-order valence-corrected chi connectivity index (χ4v) is 5.02. The average Bonchev–Trinajstić information content (AvgIpc) is 3.30. The van der Waals surface area contributed by atoms with Crippen molar-refractivity contribution in [2.45, 2.75) is 45.9 Å². The van der Waals surface area contributed by atoms with Gasteiger partial charge in [-0.1, -0.05) is 54.1 Å². The third-order valence-electron chi connectivity index (χ3n) is 7.45. The van der Waals surface area contributed by atoms with Gasteiger partial charge in [-0.15, -0.1) is 0 Å². The van der Waals surface area contributed by atoms with Gasteiger partial charge in [0.2, 0.25) is 5.88 Å². The molecule has 1 saturated heterocycles. The van der Waals surface area contributed by atoms with Crippen molar-refractivity contribution < 1.29 is 19.0 Å². The molecule has 2 aromatic carbocycles. The smallest absolute Gasteiger partial charge is 0.356 e. The molecule has 5 aromatic rings. The van der Waals surface area contributed by atoms with Crippen molar-refractivity contribution in [3.8, 4) is 17.1 Å². The Balaban J connectivity index is 1.20. The maximum Gasteiger partial charge on any atom is 0.356 e. The Morgan fingerprint density at radius 2 is 1.83 bits per heavy atom. The van der Waals surface area contributed by atoms with E-state index >= 15 is 0 Å². The molecule has 0 radical (unpaired) electrons. The molecular formula is C33H32N4O4. The van der Waals surface area contributed by atoms with Crippen molar-refractivity contribution in [1.82, 2.24) is 19.5 Å². The number of carbonyl (C=O) groups is 1. The molecule has 0 N–H and O–H groups in total. The van der Waals surface area contributed by atoms with Crippen molar-refractivity contribution >= 4 is 17.1 Å². The van der Waals surface area contributed by atoms with Gasteiger partial charge in [0.25, 0.3) is 0 Å². The summed E-state index contributed by atoms with van der Waals surface area (Å²) < 4.78 is 18.7. The first-order valence-electron chi connectivity index (χ1n) is 13.8. The highest BCUT2D eigenvalue weighted by atomic mass is 16.5. The highest BCUT2D eigenvalue weighted by Gasteiger charge is 2.23. The molecule has 1 aliphatic heterocycles. The summed E-state index contributed by atoms with van der Waals surface area (Å²) in [7, 11) is 1.36. The summed E-state index contributed by atoms with van der Waals surface area (Å²) in [4.78, 5) is 26.3. The third-order valence-corrected chi connectivity index (χ3v) is 7.45. The van der Waals surface area contributed by atoms with Crippen LogP contribution >= 0.6 is 0 Å². The topological polar surface area (TPSA) is 88.4 Å². The lowest BCUT2D eigenvalue weighted by Crippen LogP contribution is -2.32. The molecule has 0 saturated carbocycles. The number of imidazole rings is 1. The minimum atomic E-state index is -0.468. The van der Waals surface area contributed by atoms with Crippen LogP contribution in [0.25, 0.3) is 22.4 Å². The standard InChI is InChI=1S/C33H32N4O4/c1-21-7-10-25(22(2)17-21)20-41-31-6-4-5-27(35-31)24-11-8-23(9-12-24)18-30-34-28-13-14-29(33(38)39-3)36-32(28)37(30)19-26-15-16-40-26/h4-14,17,26H,15-16,18-20H2,1-3H3/t26-/m0/s1. The summed E-state index contributed by atoms with van der Waals surface area (Å²) in [6, 6.07) is 24.0. The lowest BCUT2D eigenvalue weighted by Gasteiger charge is -2.27. The minimum Gasteiger partial charge on any atom is -0.473 e. The number of hydrogen-bond donors (Lipinski definition) is 0. The SMILES string of the molecule is COC(=O)c1ccc2nc(Cc3ccc(-c4cccc(OCc5ccc(C)cc5C)n4)cc3)n(C[C@@H]3CCO3)c2n1. The van der Waals surface area contributed by atoms with Crippen molar-refractivity contribution in [1.29, 1.82) is 0 Å². The predicted octanol–water partition coefficient (Wildman–Crippen LogP) is 5.86. The molecule has 8 heteroatoms. The quantitative estimate of drug-likeness (QED) is 0.213. The molecule has 0 unspecified atom stereocenters. The van der Waals surface area contributed by atoms with E-state index in [0.29, 0.717) is 31.1 Å². The van der Waals surface area contributed by atoms with E-state index in [1.165, 1.54) is 18.2 Å². The first kappa shape index (κ1) is 26.7. The predicted molar refractivity (Wildman–Crippen MR) is 156 cm³/mol. The van der Waals surface area contributed by atoms with Crippen LogP contribution < -0.4 is 4.74 Å². The van der Waals surface area contributed by atoms with E-state index in [1.807, 2.05) is 24.3 Å². The summed E-state index contributed by atoms with van der Waals surface area (Å²) in [5.74, 6) is 1.00. The highest BCUT2D eigenvalue weighted by Crippen LogP contribution is 2.25. The maximum absolute atomic E-state index is 12.1. The fraction of sp³-hybridized carbons (Fsp3) is 0.273. The number of ether oxygens (including phenoxy) is 3. The molecule has 1 atom stereocenters. The summed E-state index contributed by atoms with van der Waals surface area (Å²) >= 11 is 0. The molecular weight excluding hydrogens is 516 g/mol. The Bertz CT molecular complexity index is 1710. The minimum absolute atomic E-state index is 0.118. The molecule has 0 aliphatic carbocycles. The number of aromatic nitrogens is 4. The number of rotatable bonds is 9. The van der Waals surface area contributed by atoms with Crippen LogP contribution in [-0.2, 0) is 29.0 Å². The summed E-state index contributed by atoms with van der Waals surface area (Å²) in [6.07, 6.45) is 1.72. The third kappa shape index (κ3) is 5.83. The fourth-order valence-electron chi connectivity index (χ4n) is 5.02. The Morgan fingerprint density at radius 3 is 2.56 bits per heavy atom. The zero-order valence-corrected chi connectivity index (χ0v) is 23.5. The molecule has 1 fully saturated rings. The lowest BCUT2D eigenvalue weighted by molar-refractivity contribution is -0.0590. The van der Waals surface area contributed by atoms with Crippen LogP contribution in [-0.4, -0.2) is 45.3 Å². The van der Waals surface area contributed by atoms with Gasteiger partial charge in [-0.25, -0.2) is 19.7 Å². The Labute approximate surface area is 239 Å². The number of aryl methyl sites for hydroxylation is 2. The van der Waals surface area contributed by atoms with Crippen LogP contribution in [0, 0.1) is 13.8 Å². The van der Waals surface area contributed by atoms with Crippen LogP contribution in [0.2, 0.25) is 0 Å². The lowest BCUT2D eigenvalue weighted by atomic mass is 10.1. The number of carbonyl (C=O) groups excluding carboxylic acids is 1. The van der Waals surface area contributed by atoms with Crippen molar-refractivity contribution in [2.75, 3.05) is 13.7 Å². The Kier molecular flexibility index (Phi) is 7.48. The van der Waals surface area contributed by atoms with Gasteiger partial charge in [0, 0.05) is 24.7 Å². The van der Waals surface area contributed by atoms with E-state index in [2.05, 4.69) is 65.9 Å². The molecule has 6 rings (SSSR count). The summed E-state index contributed by atoms with van der Waals surface area (Å²) in [5.41, 5.74) is 8.24. The monoisotopic (exact) mass is 548 g/mol. The zero-order chi connectivity index (χ0) is 28.3. The van der Waals surface area contributed by atoms with E-state index in [9.17, 15) is 4.79 Å². The zero-order valence-electron chi connectivity index (χ0n) is 23.5. The largest absolute Gasteiger partial charge is 0.473 e. The van der Waals surface area contributed by atoms with Gasteiger partial charge in [0.1, 0.15) is 17.9 Å². The van der Waals surface area contributed by atoms with Gasteiger partial charge in [0.05, 0.1) is 25.5 Å². The van der Waals surface area contributed by atoms with Crippen molar-refractivity contribution in [3.05, 3.63) is 107 Å². The van der Waals surface area contributed by atoms with Crippen molar-refractivity contribution in [2.24, 2.45) is 0 Å². The second-order valence-corrected chi connectivity index (χ2v) is 10.4. The van der Waals surface area contributed by atoms with E-state index in [0.717, 1.165) is 46.8 Å². The molecule has 4 heterocycles. The van der Waals surface area contributed by atoms with Crippen LogP contribution in [0.15, 0.2) is 72.8 Å². The Hall–Kier alpha value is -4.56. The van der Waals surface area contributed by atoms with Gasteiger partial charge in [-0.3, -0.25) is 0 Å². The molecule has 3 aromatic heterocycles. The second kappa shape index (κ2) is 11.5. The summed E-state index contributed by atoms with van der Waals surface area (Å²) in [6.45, 7) is 6.07. The number of esters is 1. The number of benzene rings is 2. The van der Waals surface area contributed by atoms with E-state index in [-0.39, 0.29) is 11.8 Å². The average molecular weight is 549 g/mol. The Morgan fingerprint density at radius 1 is 1.00 bits per heavy atom. The van der Waals surface area contributed by atoms with Gasteiger partial charge in [-0.05, 0) is 55.2 Å². The summed E-state index contributed by atoms with van der Waals surface area (Å²) in [5, 5.41) is 0. The number of pyridine rings is 2. The first-order chi connectivity index (χ1) is 20.0. The van der Waals surface area contributed by atoms with Crippen LogP contribution in [0.4, 0.5) is 0 Å². The highest BCUT2D eigenvalue weighted by molar-refractivity contribution is 5.89. The van der Waals surface area contributed by atoms with Crippen LogP contribution in [0.5, 0.6) is 5.88 Å². The molecule has 0 spiro atoms. The molecule has 0 amide bonds. The second-order valence-electron chi connectivity index (χ2n) is 10.4. The van der Waals surface area contributed by atoms with E-state index in [4.69, 9.17) is 24.2 Å². The normalized spacial score (nSPS) is 14.6. The van der Waals surface area contributed by atoms with Gasteiger partial charge in [0.15, 0.2) is 11.3 Å². The van der Waals surface area contributed by atoms with E-state index in [1.54, 1.807) is 6.07 Å². The number of fused-ring (bicyclic) bond motifs is 1. The van der Waals surface area contributed by atoms with Crippen LogP contribution in [0.1, 0.15) is 45.0 Å². The number of methoxy groups -OCH3 is 1. The molecule has 1 aliphatic rings. The van der Waals surface area contributed by atoms with Gasteiger partial charge in [-0.2, -0.15) is 0 Å². The number of nitrogens with zero attached hydrogens (tertiary/aromatic N) is 4. The van der Waals surface area contributed by atoms with E-state index < -0.39 is 5.97 Å². The van der Waals surface area contributed by atoms with Gasteiger partial charge < -0.3 is 18.8 Å². The molecule has 41 heavy (non-hydrogen) atoms. The molecule has 208 valence electrons. The first-order valence-corrected chi connectivity index (χ1v) is 13.8. The van der Waals surface area contributed by atoms with Gasteiger partial charge >= 0.3 is 5.97 Å². The molecule has 0 bridgehead atoms. The molecule has 8 nitrogen and oxygen atoms in total. The van der Waals surface area contributed by atoms with Crippen LogP contribution in [0.3, 0.4) is 0 Å². The maximum atomic E-state index is 12.1. The van der Waals surface area contributed by atoms with Crippen molar-refractivity contribution in [3.63, 3.8) is 0 Å². The number of hydrogen-bond acceptors (Lipinski definition) is 7.